The van der Waals surface area contributed by atoms with E-state index in [0.717, 1.165) is 5.56 Å². The summed E-state index contributed by atoms with van der Waals surface area (Å²) in [6.07, 6.45) is 2.97. The summed E-state index contributed by atoms with van der Waals surface area (Å²) in [7, 11) is 0. The molecule has 1 amide bonds. The molecule has 0 saturated carbocycles. The monoisotopic (exact) mass is 475 g/mol. The Morgan fingerprint density at radius 2 is 1.81 bits per heavy atom. The number of halogens is 3. The van der Waals surface area contributed by atoms with Gasteiger partial charge < -0.3 is 5.32 Å². The highest BCUT2D eigenvalue weighted by atomic mass is 35.5. The number of aromatic nitrogens is 4. The molecule has 0 fully saturated rings. The lowest BCUT2D eigenvalue weighted by Gasteiger charge is -2.08. The second kappa shape index (κ2) is 9.09. The number of rotatable bonds is 6. The molecule has 0 aliphatic heterocycles. The molecule has 0 radical (unpaired) electrons. The van der Waals surface area contributed by atoms with Crippen molar-refractivity contribution < 1.29 is 4.79 Å². The Hall–Kier alpha value is -2.87. The Labute approximate surface area is 192 Å². The van der Waals surface area contributed by atoms with Gasteiger partial charge in [-0.3, -0.25) is 14.2 Å². The fourth-order valence-electron chi connectivity index (χ4n) is 3.17. The maximum Gasteiger partial charge on any atom is 0.264 e. The van der Waals surface area contributed by atoms with E-state index in [0.29, 0.717) is 44.8 Å². The van der Waals surface area contributed by atoms with Crippen molar-refractivity contribution in [2.45, 2.75) is 13.1 Å². The second-order valence-electron chi connectivity index (χ2n) is 6.83. The molecule has 0 aliphatic rings. The van der Waals surface area contributed by atoms with Crippen LogP contribution in [0.1, 0.15) is 15.9 Å². The quantitative estimate of drug-likeness (QED) is 0.455. The summed E-state index contributed by atoms with van der Waals surface area (Å²) in [4.78, 5) is 29.5. The maximum atomic E-state index is 12.8. The third-order valence-corrected chi connectivity index (χ3v) is 5.27. The van der Waals surface area contributed by atoms with E-state index in [9.17, 15) is 9.59 Å². The number of fused-ring (bicyclic) bond motifs is 1. The SMILES string of the molecule is O=C(NCCn1ncc2c(=O)n(Cc3cccc(Cl)c3)cnc21)c1cc(Cl)cc(Cl)c1. The molecule has 0 saturated heterocycles. The Bertz CT molecular complexity index is 1310. The minimum Gasteiger partial charge on any atom is -0.350 e. The average molecular weight is 477 g/mol. The summed E-state index contributed by atoms with van der Waals surface area (Å²) in [5.74, 6) is -0.308. The van der Waals surface area contributed by atoms with Crippen LogP contribution in [0.3, 0.4) is 0 Å². The van der Waals surface area contributed by atoms with Crippen LogP contribution in [-0.2, 0) is 13.1 Å². The fraction of sp³-hybridized carbons (Fsp3) is 0.143. The minimum atomic E-state index is -0.308. The highest BCUT2D eigenvalue weighted by Crippen LogP contribution is 2.19. The van der Waals surface area contributed by atoms with Crippen LogP contribution >= 0.6 is 34.8 Å². The Morgan fingerprint density at radius 3 is 2.55 bits per heavy atom. The van der Waals surface area contributed by atoms with E-state index in [1.54, 1.807) is 22.9 Å². The van der Waals surface area contributed by atoms with E-state index >= 15 is 0 Å². The van der Waals surface area contributed by atoms with Gasteiger partial charge in [-0.1, -0.05) is 46.9 Å². The highest BCUT2D eigenvalue weighted by Gasteiger charge is 2.12. The van der Waals surface area contributed by atoms with Crippen molar-refractivity contribution in [1.82, 2.24) is 24.6 Å². The van der Waals surface area contributed by atoms with Crippen molar-refractivity contribution in [2.24, 2.45) is 0 Å². The van der Waals surface area contributed by atoms with E-state index in [4.69, 9.17) is 34.8 Å². The van der Waals surface area contributed by atoms with Crippen LogP contribution in [0.2, 0.25) is 15.1 Å². The molecule has 0 aliphatic carbocycles. The van der Waals surface area contributed by atoms with Gasteiger partial charge in [0.05, 0.1) is 19.3 Å². The number of carbonyl (C=O) groups excluding carboxylic acids is 1. The second-order valence-corrected chi connectivity index (χ2v) is 8.14. The molecule has 31 heavy (non-hydrogen) atoms. The zero-order chi connectivity index (χ0) is 22.0. The topological polar surface area (TPSA) is 81.8 Å². The van der Waals surface area contributed by atoms with Crippen molar-refractivity contribution >= 4 is 51.7 Å². The fourth-order valence-corrected chi connectivity index (χ4v) is 3.91. The molecular formula is C21H16Cl3N5O2. The normalized spacial score (nSPS) is 11.1. The van der Waals surface area contributed by atoms with Crippen LogP contribution in [0.5, 0.6) is 0 Å². The lowest BCUT2D eigenvalue weighted by atomic mass is 10.2. The first-order valence-corrected chi connectivity index (χ1v) is 10.4. The summed E-state index contributed by atoms with van der Waals surface area (Å²) < 4.78 is 3.08. The number of benzene rings is 2. The summed E-state index contributed by atoms with van der Waals surface area (Å²) in [5, 5.41) is 8.80. The van der Waals surface area contributed by atoms with Gasteiger partial charge in [-0.2, -0.15) is 5.10 Å². The number of carbonyl (C=O) groups is 1. The van der Waals surface area contributed by atoms with Gasteiger partial charge >= 0.3 is 0 Å². The van der Waals surface area contributed by atoms with Crippen LogP contribution in [0.15, 0.2) is 59.8 Å². The molecule has 1 N–H and O–H groups in total. The number of hydrogen-bond donors (Lipinski definition) is 1. The molecule has 0 bridgehead atoms. The van der Waals surface area contributed by atoms with Gasteiger partial charge in [0.1, 0.15) is 11.7 Å². The zero-order valence-corrected chi connectivity index (χ0v) is 18.3. The Kier molecular flexibility index (Phi) is 6.27. The molecule has 4 rings (SSSR count). The largest absolute Gasteiger partial charge is 0.350 e. The van der Waals surface area contributed by atoms with Crippen LogP contribution in [-0.4, -0.2) is 31.8 Å². The van der Waals surface area contributed by atoms with Crippen LogP contribution in [0.25, 0.3) is 11.0 Å². The standard InChI is InChI=1S/C21H16Cl3N5O2/c22-15-3-1-2-13(6-15)11-28-12-26-19-18(21(28)31)10-27-29(19)5-4-25-20(30)14-7-16(23)9-17(24)8-14/h1-3,6-10,12H,4-5,11H2,(H,25,30). The van der Waals surface area contributed by atoms with Crippen LogP contribution in [0.4, 0.5) is 0 Å². The van der Waals surface area contributed by atoms with E-state index in [1.165, 1.54) is 29.2 Å². The molecule has 4 aromatic rings. The van der Waals surface area contributed by atoms with Crippen molar-refractivity contribution in [1.29, 1.82) is 0 Å². The summed E-state index contributed by atoms with van der Waals surface area (Å²) in [6.45, 7) is 0.979. The Morgan fingerprint density at radius 1 is 1.03 bits per heavy atom. The molecule has 2 aromatic heterocycles. The Balaban J connectivity index is 1.46. The van der Waals surface area contributed by atoms with Crippen LogP contribution in [0, 0.1) is 0 Å². The molecule has 2 aromatic carbocycles. The van der Waals surface area contributed by atoms with Gasteiger partial charge in [0.15, 0.2) is 5.65 Å². The van der Waals surface area contributed by atoms with E-state index in [1.807, 2.05) is 12.1 Å². The predicted molar refractivity (Wildman–Crippen MR) is 121 cm³/mol. The molecule has 0 unspecified atom stereocenters. The molecular weight excluding hydrogens is 461 g/mol. The van der Waals surface area contributed by atoms with E-state index in [2.05, 4.69) is 15.4 Å². The van der Waals surface area contributed by atoms with E-state index in [-0.39, 0.29) is 18.0 Å². The van der Waals surface area contributed by atoms with Gasteiger partial charge in [-0.15, -0.1) is 0 Å². The van der Waals surface area contributed by atoms with Crippen molar-refractivity contribution in [2.75, 3.05) is 6.54 Å². The summed E-state index contributed by atoms with van der Waals surface area (Å²) in [6, 6.07) is 11.9. The van der Waals surface area contributed by atoms with Crippen molar-refractivity contribution in [3.63, 3.8) is 0 Å². The zero-order valence-electron chi connectivity index (χ0n) is 16.1. The predicted octanol–water partition coefficient (Wildman–Crippen LogP) is 4.03. The van der Waals surface area contributed by atoms with Gasteiger partial charge in [0, 0.05) is 27.2 Å². The smallest absolute Gasteiger partial charge is 0.264 e. The van der Waals surface area contributed by atoms with Crippen molar-refractivity contribution in [3.05, 3.63) is 91.5 Å². The summed E-state index contributed by atoms with van der Waals surface area (Å²) >= 11 is 17.9. The third-order valence-electron chi connectivity index (χ3n) is 4.60. The van der Waals surface area contributed by atoms with Crippen molar-refractivity contribution in [3.8, 4) is 0 Å². The lowest BCUT2D eigenvalue weighted by molar-refractivity contribution is 0.0952. The number of amides is 1. The molecule has 2 heterocycles. The first-order chi connectivity index (χ1) is 14.9. The number of hydrogen-bond acceptors (Lipinski definition) is 4. The molecule has 158 valence electrons. The minimum absolute atomic E-state index is 0.200. The van der Waals surface area contributed by atoms with Gasteiger partial charge in [-0.25, -0.2) is 9.67 Å². The first-order valence-electron chi connectivity index (χ1n) is 9.30. The van der Waals surface area contributed by atoms with Gasteiger partial charge in [-0.05, 0) is 35.9 Å². The first kappa shape index (κ1) is 21.4. The lowest BCUT2D eigenvalue weighted by Crippen LogP contribution is -2.27. The number of nitrogens with zero attached hydrogens (tertiary/aromatic N) is 4. The average Bonchev–Trinajstić information content (AvgIpc) is 3.13. The molecule has 0 spiro atoms. The third kappa shape index (κ3) is 4.90. The van der Waals surface area contributed by atoms with Gasteiger partial charge in [0.25, 0.3) is 11.5 Å². The molecule has 7 nitrogen and oxygen atoms in total. The van der Waals surface area contributed by atoms with E-state index < -0.39 is 0 Å². The maximum absolute atomic E-state index is 12.8. The highest BCUT2D eigenvalue weighted by molar-refractivity contribution is 6.35. The van der Waals surface area contributed by atoms with Crippen LogP contribution < -0.4 is 10.9 Å². The number of nitrogens with one attached hydrogen (secondary N) is 1. The molecule has 0 atom stereocenters. The summed E-state index contributed by atoms with van der Waals surface area (Å²) in [5.41, 5.74) is 1.51. The van der Waals surface area contributed by atoms with Gasteiger partial charge in [0.2, 0.25) is 0 Å². The molecule has 10 heteroatoms.